The number of anilines is 1. The number of hydrogen-bond donors (Lipinski definition) is 1. The molecule has 0 aliphatic carbocycles. The summed E-state index contributed by atoms with van der Waals surface area (Å²) in [6.07, 6.45) is 0. The van der Waals surface area contributed by atoms with Gasteiger partial charge in [0.1, 0.15) is 5.82 Å². The molecule has 1 N–H and O–H groups in total. The molecule has 1 aromatic carbocycles. The molecule has 19 heavy (non-hydrogen) atoms. The fourth-order valence-electron chi connectivity index (χ4n) is 1.76. The van der Waals surface area contributed by atoms with Crippen LogP contribution >= 0.6 is 11.3 Å². The highest BCUT2D eigenvalue weighted by atomic mass is 32.1. The summed E-state index contributed by atoms with van der Waals surface area (Å²) in [5.74, 6) is -0.212. The van der Waals surface area contributed by atoms with Crippen LogP contribution in [0.5, 0.6) is 0 Å². The smallest absolute Gasteiger partial charge is 0.125 e. The highest BCUT2D eigenvalue weighted by Gasteiger charge is 2.17. The van der Waals surface area contributed by atoms with Crippen molar-refractivity contribution < 1.29 is 4.39 Å². The predicted octanol–water partition coefficient (Wildman–Crippen LogP) is 4.50. The number of hydrogen-bond acceptors (Lipinski definition) is 3. The zero-order chi connectivity index (χ0) is 14.0. The Hall–Kier alpha value is -1.42. The number of nitrogens with one attached hydrogen (secondary N) is 1. The van der Waals surface area contributed by atoms with Gasteiger partial charge in [-0.15, -0.1) is 11.3 Å². The lowest BCUT2D eigenvalue weighted by Crippen LogP contribution is -2.11. The molecule has 0 amide bonds. The van der Waals surface area contributed by atoms with Crippen molar-refractivity contribution in [3.05, 3.63) is 45.7 Å². The van der Waals surface area contributed by atoms with Crippen LogP contribution < -0.4 is 5.32 Å². The van der Waals surface area contributed by atoms with E-state index in [2.05, 4.69) is 36.5 Å². The fraction of sp³-hybridized carbons (Fsp3) is 0.400. The lowest BCUT2D eigenvalue weighted by atomic mass is 9.98. The number of nitrogens with zero attached hydrogens (tertiary/aromatic N) is 1. The zero-order valence-corrected chi connectivity index (χ0v) is 12.6. The van der Waals surface area contributed by atoms with Gasteiger partial charge in [0.05, 0.1) is 17.2 Å². The van der Waals surface area contributed by atoms with Crippen LogP contribution in [-0.4, -0.2) is 4.98 Å². The molecule has 0 unspecified atom stereocenters. The molecule has 0 fully saturated rings. The Morgan fingerprint density at radius 1 is 1.26 bits per heavy atom. The molecule has 0 aliphatic heterocycles. The van der Waals surface area contributed by atoms with Gasteiger partial charge in [0, 0.05) is 16.5 Å². The van der Waals surface area contributed by atoms with Gasteiger partial charge in [-0.25, -0.2) is 9.37 Å². The van der Waals surface area contributed by atoms with Crippen molar-refractivity contribution in [3.8, 4) is 0 Å². The highest BCUT2D eigenvalue weighted by molar-refractivity contribution is 7.09. The third kappa shape index (κ3) is 3.77. The van der Waals surface area contributed by atoms with Crippen molar-refractivity contribution in [1.29, 1.82) is 0 Å². The first-order valence-corrected chi connectivity index (χ1v) is 7.18. The minimum atomic E-state index is -0.212. The second-order valence-electron chi connectivity index (χ2n) is 5.76. The van der Waals surface area contributed by atoms with Gasteiger partial charge in [-0.05, 0) is 30.7 Å². The van der Waals surface area contributed by atoms with E-state index in [-0.39, 0.29) is 11.2 Å². The van der Waals surface area contributed by atoms with Crippen LogP contribution in [0.25, 0.3) is 0 Å². The number of aromatic nitrogens is 1. The van der Waals surface area contributed by atoms with Crippen molar-refractivity contribution in [2.75, 3.05) is 5.32 Å². The quantitative estimate of drug-likeness (QED) is 0.894. The summed E-state index contributed by atoms with van der Waals surface area (Å²) in [6.45, 7) is 8.96. The van der Waals surface area contributed by atoms with Crippen LogP contribution in [0.2, 0.25) is 0 Å². The van der Waals surface area contributed by atoms with Crippen molar-refractivity contribution in [3.63, 3.8) is 0 Å². The molecule has 2 nitrogen and oxygen atoms in total. The summed E-state index contributed by atoms with van der Waals surface area (Å²) < 4.78 is 13.3. The van der Waals surface area contributed by atoms with Crippen LogP contribution in [0.1, 0.15) is 37.0 Å². The van der Waals surface area contributed by atoms with Crippen molar-refractivity contribution >= 4 is 17.0 Å². The number of benzene rings is 1. The number of aryl methyl sites for hydroxylation is 1. The van der Waals surface area contributed by atoms with Crippen LogP contribution in [0.3, 0.4) is 0 Å². The third-order valence-electron chi connectivity index (χ3n) is 2.71. The normalized spacial score (nSPS) is 11.6. The van der Waals surface area contributed by atoms with Crippen LogP contribution in [0, 0.1) is 12.7 Å². The third-order valence-corrected chi connectivity index (χ3v) is 4.03. The second-order valence-corrected chi connectivity index (χ2v) is 6.62. The molecule has 0 aliphatic rings. The summed E-state index contributed by atoms with van der Waals surface area (Å²) in [6, 6.07) is 4.95. The van der Waals surface area contributed by atoms with E-state index in [0.717, 1.165) is 22.0 Å². The van der Waals surface area contributed by atoms with Crippen LogP contribution in [0.4, 0.5) is 10.1 Å². The molecule has 2 rings (SSSR count). The minimum Gasteiger partial charge on any atom is -0.379 e. The second kappa shape index (κ2) is 5.29. The standard InChI is InChI=1S/C15H19FN2S/c1-10-5-11(16)7-12(6-10)17-8-13-9-19-14(18-13)15(2,3)4/h5-7,9,17H,8H2,1-4H3. The topological polar surface area (TPSA) is 24.9 Å². The van der Waals surface area contributed by atoms with Gasteiger partial charge in [-0.1, -0.05) is 20.8 Å². The molecule has 0 atom stereocenters. The Labute approximate surface area is 117 Å². The van der Waals surface area contributed by atoms with E-state index >= 15 is 0 Å². The van der Waals surface area contributed by atoms with Crippen molar-refractivity contribution in [2.45, 2.75) is 39.7 Å². The molecule has 0 spiro atoms. The van der Waals surface area contributed by atoms with Gasteiger partial charge < -0.3 is 5.32 Å². The maximum Gasteiger partial charge on any atom is 0.125 e. The van der Waals surface area contributed by atoms with Gasteiger partial charge in [0.25, 0.3) is 0 Å². The molecular formula is C15H19FN2S. The van der Waals surface area contributed by atoms with E-state index in [1.54, 1.807) is 11.3 Å². The number of thiazole rings is 1. The number of rotatable bonds is 3. The lowest BCUT2D eigenvalue weighted by molar-refractivity contribution is 0.583. The average Bonchev–Trinajstić information content (AvgIpc) is 2.73. The first kappa shape index (κ1) is 14.0. The molecule has 0 saturated heterocycles. The van der Waals surface area contributed by atoms with Gasteiger partial charge in [-0.2, -0.15) is 0 Å². The van der Waals surface area contributed by atoms with Gasteiger partial charge in [0.15, 0.2) is 0 Å². The Morgan fingerprint density at radius 2 is 2.00 bits per heavy atom. The Balaban J connectivity index is 2.04. The summed E-state index contributed by atoms with van der Waals surface area (Å²) >= 11 is 1.67. The first-order chi connectivity index (χ1) is 8.84. The highest BCUT2D eigenvalue weighted by Crippen LogP contribution is 2.25. The molecule has 102 valence electrons. The molecule has 0 bridgehead atoms. The van der Waals surface area contributed by atoms with Gasteiger partial charge >= 0.3 is 0 Å². The Morgan fingerprint density at radius 3 is 2.58 bits per heavy atom. The van der Waals surface area contributed by atoms with Crippen LogP contribution in [-0.2, 0) is 12.0 Å². The lowest BCUT2D eigenvalue weighted by Gasteiger charge is -2.13. The molecular weight excluding hydrogens is 259 g/mol. The molecule has 0 radical (unpaired) electrons. The molecule has 0 saturated carbocycles. The van der Waals surface area contributed by atoms with Crippen molar-refractivity contribution in [1.82, 2.24) is 4.98 Å². The Kier molecular flexibility index (Phi) is 3.90. The average molecular weight is 278 g/mol. The summed E-state index contributed by atoms with van der Waals surface area (Å²) in [5.41, 5.74) is 2.79. The van der Waals surface area contributed by atoms with E-state index in [9.17, 15) is 4.39 Å². The van der Waals surface area contributed by atoms with E-state index in [1.807, 2.05) is 13.0 Å². The monoisotopic (exact) mass is 278 g/mol. The first-order valence-electron chi connectivity index (χ1n) is 6.30. The SMILES string of the molecule is Cc1cc(F)cc(NCc2csc(C(C)(C)C)n2)c1. The minimum absolute atomic E-state index is 0.0817. The van der Waals surface area contributed by atoms with Gasteiger partial charge in [-0.3, -0.25) is 0 Å². The Bertz CT molecular complexity index is 550. The van der Waals surface area contributed by atoms with E-state index in [0.29, 0.717) is 6.54 Å². The maximum absolute atomic E-state index is 13.3. The molecule has 4 heteroatoms. The molecule has 2 aromatic rings. The van der Waals surface area contributed by atoms with Crippen LogP contribution in [0.15, 0.2) is 23.6 Å². The largest absolute Gasteiger partial charge is 0.379 e. The van der Waals surface area contributed by atoms with E-state index in [1.165, 1.54) is 12.1 Å². The van der Waals surface area contributed by atoms with E-state index < -0.39 is 0 Å². The van der Waals surface area contributed by atoms with Crippen molar-refractivity contribution in [2.24, 2.45) is 0 Å². The summed E-state index contributed by atoms with van der Waals surface area (Å²) in [7, 11) is 0. The maximum atomic E-state index is 13.3. The molecule has 1 heterocycles. The summed E-state index contributed by atoms with van der Waals surface area (Å²) in [4.78, 5) is 4.60. The van der Waals surface area contributed by atoms with Gasteiger partial charge in [0.2, 0.25) is 0 Å². The zero-order valence-electron chi connectivity index (χ0n) is 11.7. The summed E-state index contributed by atoms with van der Waals surface area (Å²) in [5, 5.41) is 6.39. The predicted molar refractivity (Wildman–Crippen MR) is 79.3 cm³/mol. The number of halogens is 1. The fourth-order valence-corrected chi connectivity index (χ4v) is 2.67. The molecule has 1 aromatic heterocycles. The van der Waals surface area contributed by atoms with E-state index in [4.69, 9.17) is 0 Å².